The smallest absolute Gasteiger partial charge is 0.137 e. The van der Waals surface area contributed by atoms with E-state index in [1.165, 1.54) is 4.90 Å². The van der Waals surface area contributed by atoms with Gasteiger partial charge in [0, 0.05) is 13.1 Å². The van der Waals surface area contributed by atoms with E-state index in [2.05, 4.69) is 42.3 Å². The van der Waals surface area contributed by atoms with Gasteiger partial charge in [0.15, 0.2) is 0 Å². The van der Waals surface area contributed by atoms with E-state index in [-0.39, 0.29) is 37.2 Å². The molecule has 0 aromatic heterocycles. The van der Waals surface area contributed by atoms with Crippen LogP contribution in [0.2, 0.25) is 0 Å². The number of rotatable bonds is 8. The molecule has 2 N–H and O–H groups in total. The monoisotopic (exact) mass is 575 g/mol. The summed E-state index contributed by atoms with van der Waals surface area (Å²) in [6.07, 6.45) is -1.15. The summed E-state index contributed by atoms with van der Waals surface area (Å²) in [4.78, 5) is 12.4. The Morgan fingerprint density at radius 1 is 0.727 bits per heavy atom. The van der Waals surface area contributed by atoms with Gasteiger partial charge in [0.2, 0.25) is 0 Å². The Hall–Kier alpha value is -1.72. The highest BCUT2D eigenvalue weighted by atomic mass is 127. The summed E-state index contributed by atoms with van der Waals surface area (Å²) in [6, 6.07) is 19.0. The van der Waals surface area contributed by atoms with Gasteiger partial charge in [0.05, 0.1) is 55.5 Å². The van der Waals surface area contributed by atoms with E-state index in [9.17, 15) is 9.90 Å². The molecule has 0 atom stereocenters. The molecule has 0 heterocycles. The number of carbonyl (C=O) groups excluding carboxylic acids is 1. The molecule has 0 aliphatic heterocycles. The summed E-state index contributed by atoms with van der Waals surface area (Å²) in [5, 5.41) is 27.9. The van der Waals surface area contributed by atoms with Gasteiger partial charge in [0.1, 0.15) is 19.2 Å². The number of carbonyl (C=O) groups is 1. The van der Waals surface area contributed by atoms with E-state index >= 15 is 0 Å². The minimum Gasteiger partial charge on any atom is -1.00 e. The zero-order valence-corrected chi connectivity index (χ0v) is 23.1. The average molecular weight is 576 g/mol. The molecule has 0 aliphatic carbocycles. The predicted octanol–water partition coefficient (Wildman–Crippen LogP) is -1.59. The van der Waals surface area contributed by atoms with Crippen molar-refractivity contribution in [2.75, 3.05) is 68.6 Å². The zero-order chi connectivity index (χ0) is 24.6. The molecule has 1 amide bonds. The fraction of sp³-hybridized carbons (Fsp3) is 0.480. The summed E-state index contributed by atoms with van der Waals surface area (Å²) in [7, 11) is 12.3. The average Bonchev–Trinajstić information content (AvgIpc) is 2.68. The van der Waals surface area contributed by atoms with Crippen molar-refractivity contribution in [3.63, 3.8) is 0 Å². The number of hydrogen-bond donors (Lipinski definition) is 2. The molecule has 0 saturated carbocycles. The van der Waals surface area contributed by atoms with E-state index in [1.54, 1.807) is 0 Å². The molecular formula is C25H42IN3O4. The summed E-state index contributed by atoms with van der Waals surface area (Å²) < 4.78 is 1.69. The highest BCUT2D eigenvalue weighted by Crippen LogP contribution is 2.09. The van der Waals surface area contributed by atoms with E-state index in [1.807, 2.05) is 60.7 Å². The van der Waals surface area contributed by atoms with Crippen LogP contribution in [0.25, 0.3) is 0 Å². The third-order valence-corrected chi connectivity index (χ3v) is 4.23. The van der Waals surface area contributed by atoms with Gasteiger partial charge in [-0.15, -0.1) is 0 Å². The van der Waals surface area contributed by atoms with Crippen molar-refractivity contribution in [1.82, 2.24) is 4.90 Å². The van der Waals surface area contributed by atoms with Crippen LogP contribution in [-0.4, -0.2) is 98.8 Å². The van der Waals surface area contributed by atoms with Crippen LogP contribution in [0.15, 0.2) is 60.7 Å². The van der Waals surface area contributed by atoms with Gasteiger partial charge < -0.3 is 58.0 Å². The quantitative estimate of drug-likeness (QED) is 0.294. The number of nitrogens with zero attached hydrogens (tertiary/aromatic N) is 3. The molecule has 0 spiro atoms. The molecule has 2 aromatic rings. The predicted molar refractivity (Wildman–Crippen MR) is 127 cm³/mol. The Morgan fingerprint density at radius 3 is 1.21 bits per heavy atom. The summed E-state index contributed by atoms with van der Waals surface area (Å²) in [6.45, 7) is 2.92. The maximum absolute atomic E-state index is 11.1. The van der Waals surface area contributed by atoms with Crippen molar-refractivity contribution >= 4 is 6.09 Å². The number of benzene rings is 2. The van der Waals surface area contributed by atoms with Crippen molar-refractivity contribution < 1.29 is 53.1 Å². The molecule has 2 rings (SSSR count). The number of halogens is 1. The second kappa shape index (κ2) is 17.7. The first kappa shape index (κ1) is 33.5. The van der Waals surface area contributed by atoms with Crippen molar-refractivity contribution in [3.05, 3.63) is 71.8 Å². The molecule has 8 heteroatoms. The number of hydrogen-bond acceptors (Lipinski definition) is 4. The Kier molecular flexibility index (Phi) is 18.0. The van der Waals surface area contributed by atoms with Gasteiger partial charge >= 0.3 is 0 Å². The Balaban J connectivity index is 0. The SMILES string of the molecule is C[N+](C)(C)CCO.C[N+](C)(C)CCO.O=C([O-])N(Cc1ccccc1)Cc1ccccc1.[I-]. The number of aliphatic hydroxyl groups excluding tert-OH is 2. The van der Waals surface area contributed by atoms with Gasteiger partial charge in [0.25, 0.3) is 0 Å². The lowest BCUT2D eigenvalue weighted by atomic mass is 10.2. The van der Waals surface area contributed by atoms with E-state index in [4.69, 9.17) is 10.2 Å². The molecule has 0 radical (unpaired) electrons. The first-order chi connectivity index (χ1) is 14.9. The molecule has 0 bridgehead atoms. The van der Waals surface area contributed by atoms with Crippen LogP contribution in [0, 0.1) is 0 Å². The van der Waals surface area contributed by atoms with Crippen molar-refractivity contribution in [3.8, 4) is 0 Å². The van der Waals surface area contributed by atoms with Crippen molar-refractivity contribution in [1.29, 1.82) is 0 Å². The highest BCUT2D eigenvalue weighted by molar-refractivity contribution is 5.62. The maximum atomic E-state index is 11.1. The van der Waals surface area contributed by atoms with Crippen molar-refractivity contribution in [2.45, 2.75) is 13.1 Å². The van der Waals surface area contributed by atoms with Crippen LogP contribution < -0.4 is 29.1 Å². The molecule has 0 aliphatic rings. The summed E-state index contributed by atoms with van der Waals surface area (Å²) >= 11 is 0. The fourth-order valence-corrected chi connectivity index (χ4v) is 2.39. The van der Waals surface area contributed by atoms with E-state index in [0.29, 0.717) is 13.1 Å². The lowest BCUT2D eigenvalue weighted by molar-refractivity contribution is -0.870. The third kappa shape index (κ3) is 20.6. The second-order valence-electron chi connectivity index (χ2n) is 9.57. The Labute approximate surface area is 217 Å². The normalized spacial score (nSPS) is 10.5. The number of aliphatic hydroxyl groups is 2. The molecule has 2 aromatic carbocycles. The van der Waals surface area contributed by atoms with Gasteiger partial charge in [-0.3, -0.25) is 0 Å². The van der Waals surface area contributed by atoms with Crippen LogP contribution >= 0.6 is 0 Å². The van der Waals surface area contributed by atoms with Gasteiger partial charge in [-0.2, -0.15) is 0 Å². The summed E-state index contributed by atoms with van der Waals surface area (Å²) in [5.41, 5.74) is 1.91. The van der Waals surface area contributed by atoms with Crippen LogP contribution in [0.1, 0.15) is 11.1 Å². The van der Waals surface area contributed by atoms with Crippen LogP contribution in [0.5, 0.6) is 0 Å². The molecule has 7 nitrogen and oxygen atoms in total. The maximum Gasteiger partial charge on any atom is 0.137 e. The number of carboxylic acid groups (broad SMARTS) is 1. The van der Waals surface area contributed by atoms with E-state index < -0.39 is 6.09 Å². The largest absolute Gasteiger partial charge is 1.00 e. The molecule has 33 heavy (non-hydrogen) atoms. The minimum atomic E-state index is -1.15. The standard InChI is InChI=1S/C15H15NO2.2C5H14NO.HI/c17-15(18)16(11-13-7-3-1-4-8-13)12-14-9-5-2-6-10-14;2*1-6(2,3)4-5-7;/h1-10H,11-12H2,(H,17,18);2*7H,4-5H2,1-3H3;1H/q;2*+1;/p-2. The molecule has 188 valence electrons. The first-order valence-electron chi connectivity index (χ1n) is 10.7. The topological polar surface area (TPSA) is 83.8 Å². The number of quaternary nitrogens is 2. The van der Waals surface area contributed by atoms with Crippen LogP contribution in [0.4, 0.5) is 4.79 Å². The van der Waals surface area contributed by atoms with Crippen LogP contribution in [0.3, 0.4) is 0 Å². The Bertz CT molecular complexity index is 675. The molecule has 0 saturated heterocycles. The van der Waals surface area contributed by atoms with Gasteiger partial charge in [-0.1, -0.05) is 60.7 Å². The molecule has 0 unspecified atom stereocenters. The van der Waals surface area contributed by atoms with Gasteiger partial charge in [-0.05, 0) is 11.1 Å². The number of amides is 1. The third-order valence-electron chi connectivity index (χ3n) is 4.23. The summed E-state index contributed by atoms with van der Waals surface area (Å²) in [5.74, 6) is 0. The van der Waals surface area contributed by atoms with E-state index in [0.717, 1.165) is 33.2 Å². The second-order valence-corrected chi connectivity index (χ2v) is 9.57. The molecular weight excluding hydrogens is 533 g/mol. The number of likely N-dealkylation sites (N-methyl/N-ethyl adjacent to an activating group) is 2. The lowest BCUT2D eigenvalue weighted by Gasteiger charge is -2.25. The zero-order valence-electron chi connectivity index (χ0n) is 20.9. The molecule has 0 fully saturated rings. The lowest BCUT2D eigenvalue weighted by Crippen LogP contribution is -3.00. The van der Waals surface area contributed by atoms with Crippen LogP contribution in [-0.2, 0) is 13.1 Å². The first-order valence-corrected chi connectivity index (χ1v) is 10.7. The Morgan fingerprint density at radius 2 is 1.03 bits per heavy atom. The van der Waals surface area contributed by atoms with Gasteiger partial charge in [-0.25, -0.2) is 0 Å². The highest BCUT2D eigenvalue weighted by Gasteiger charge is 2.06. The minimum absolute atomic E-state index is 0. The van der Waals surface area contributed by atoms with Crippen molar-refractivity contribution in [2.24, 2.45) is 0 Å². The fourth-order valence-electron chi connectivity index (χ4n) is 2.39.